The Hall–Kier alpha value is -0.950. The first-order valence-electron chi connectivity index (χ1n) is 5.34. The third kappa shape index (κ3) is 4.43. The number of aliphatic hydroxyl groups is 1. The summed E-state index contributed by atoms with van der Waals surface area (Å²) in [5.41, 5.74) is 0.914. The molecule has 1 rings (SSSR count). The lowest BCUT2D eigenvalue weighted by atomic mass is 10.2. The van der Waals surface area contributed by atoms with Gasteiger partial charge in [-0.3, -0.25) is 0 Å². The molecule has 6 heteroatoms. The van der Waals surface area contributed by atoms with Crippen LogP contribution in [-0.2, 0) is 16.8 Å². The van der Waals surface area contributed by atoms with Gasteiger partial charge in [-0.05, 0) is 12.5 Å². The molecule has 0 bridgehead atoms. The fraction of sp³-hybridized carbons (Fsp3) is 0.455. The van der Waals surface area contributed by atoms with Crippen LogP contribution >= 0.6 is 0 Å². The SMILES string of the molecule is C[C@@H](CO)NS(=O)(=O)N(C)Cc1ccccc1. The van der Waals surface area contributed by atoms with Crippen molar-refractivity contribution in [1.82, 2.24) is 9.03 Å². The average Bonchev–Trinajstić information content (AvgIpc) is 2.29. The van der Waals surface area contributed by atoms with Crippen molar-refractivity contribution in [2.45, 2.75) is 19.5 Å². The molecule has 0 aliphatic heterocycles. The molecule has 5 nitrogen and oxygen atoms in total. The van der Waals surface area contributed by atoms with Crippen molar-refractivity contribution in [3.63, 3.8) is 0 Å². The lowest BCUT2D eigenvalue weighted by molar-refractivity contribution is 0.263. The molecule has 0 aromatic heterocycles. The molecular formula is C11H18N2O3S. The molecule has 0 spiro atoms. The van der Waals surface area contributed by atoms with Crippen LogP contribution in [0.25, 0.3) is 0 Å². The molecule has 0 heterocycles. The lowest BCUT2D eigenvalue weighted by Gasteiger charge is -2.20. The summed E-state index contributed by atoms with van der Waals surface area (Å²) in [5.74, 6) is 0. The van der Waals surface area contributed by atoms with Crippen LogP contribution in [-0.4, -0.2) is 37.5 Å². The summed E-state index contributed by atoms with van der Waals surface area (Å²) >= 11 is 0. The topological polar surface area (TPSA) is 69.6 Å². The Labute approximate surface area is 102 Å². The van der Waals surface area contributed by atoms with E-state index in [-0.39, 0.29) is 6.61 Å². The number of aliphatic hydroxyl groups excluding tert-OH is 1. The van der Waals surface area contributed by atoms with Gasteiger partial charge in [-0.1, -0.05) is 30.3 Å². The zero-order valence-corrected chi connectivity index (χ0v) is 10.8. The van der Waals surface area contributed by atoms with E-state index in [1.165, 1.54) is 11.4 Å². The van der Waals surface area contributed by atoms with Crippen LogP contribution in [0.1, 0.15) is 12.5 Å². The van der Waals surface area contributed by atoms with Gasteiger partial charge < -0.3 is 5.11 Å². The smallest absolute Gasteiger partial charge is 0.279 e. The summed E-state index contributed by atoms with van der Waals surface area (Å²) in [6.45, 7) is 1.68. The van der Waals surface area contributed by atoms with Crippen molar-refractivity contribution in [2.24, 2.45) is 0 Å². The second kappa shape index (κ2) is 6.11. The molecule has 2 N–H and O–H groups in total. The molecule has 96 valence electrons. The Morgan fingerprint density at radius 2 is 1.94 bits per heavy atom. The molecule has 17 heavy (non-hydrogen) atoms. The van der Waals surface area contributed by atoms with Crippen LogP contribution in [0.5, 0.6) is 0 Å². The highest BCUT2D eigenvalue weighted by atomic mass is 32.2. The van der Waals surface area contributed by atoms with Gasteiger partial charge in [-0.15, -0.1) is 0 Å². The first-order chi connectivity index (χ1) is 7.95. The van der Waals surface area contributed by atoms with E-state index in [1.54, 1.807) is 6.92 Å². The van der Waals surface area contributed by atoms with Crippen LogP contribution in [0, 0.1) is 0 Å². The number of nitrogens with zero attached hydrogens (tertiary/aromatic N) is 1. The van der Waals surface area contributed by atoms with Gasteiger partial charge in [0.05, 0.1) is 6.61 Å². The van der Waals surface area contributed by atoms with Crippen molar-refractivity contribution in [3.8, 4) is 0 Å². The minimum absolute atomic E-state index is 0.224. The van der Waals surface area contributed by atoms with Gasteiger partial charge in [0, 0.05) is 19.6 Å². The highest BCUT2D eigenvalue weighted by Gasteiger charge is 2.19. The van der Waals surface area contributed by atoms with Crippen molar-refractivity contribution in [3.05, 3.63) is 35.9 Å². The fourth-order valence-corrected chi connectivity index (χ4v) is 2.39. The minimum atomic E-state index is -3.55. The van der Waals surface area contributed by atoms with Crippen molar-refractivity contribution in [2.75, 3.05) is 13.7 Å². The summed E-state index contributed by atoms with van der Waals surface area (Å²) in [6.07, 6.45) is 0. The molecule has 1 atom stereocenters. The number of hydrogen-bond donors (Lipinski definition) is 2. The lowest BCUT2D eigenvalue weighted by Crippen LogP contribution is -2.43. The van der Waals surface area contributed by atoms with Gasteiger partial charge in [-0.2, -0.15) is 17.4 Å². The van der Waals surface area contributed by atoms with Crippen LogP contribution in [0.2, 0.25) is 0 Å². The van der Waals surface area contributed by atoms with Gasteiger partial charge in [0.2, 0.25) is 0 Å². The first kappa shape index (κ1) is 14.1. The molecular weight excluding hydrogens is 240 g/mol. The molecule has 0 aliphatic carbocycles. The van der Waals surface area contributed by atoms with Gasteiger partial charge in [0.25, 0.3) is 10.2 Å². The summed E-state index contributed by atoms with van der Waals surface area (Å²) in [4.78, 5) is 0. The maximum Gasteiger partial charge on any atom is 0.279 e. The molecule has 0 amide bonds. The fourth-order valence-electron chi connectivity index (χ4n) is 1.31. The van der Waals surface area contributed by atoms with E-state index in [0.717, 1.165) is 5.56 Å². The molecule has 1 aromatic carbocycles. The molecule has 0 aliphatic rings. The van der Waals surface area contributed by atoms with Crippen molar-refractivity contribution in [1.29, 1.82) is 0 Å². The average molecular weight is 258 g/mol. The van der Waals surface area contributed by atoms with E-state index in [1.807, 2.05) is 30.3 Å². The Bertz CT molecular complexity index is 433. The zero-order valence-electron chi connectivity index (χ0n) is 10.00. The number of nitrogens with one attached hydrogen (secondary N) is 1. The molecule has 0 fully saturated rings. The largest absolute Gasteiger partial charge is 0.395 e. The molecule has 0 radical (unpaired) electrons. The third-order valence-corrected chi connectivity index (χ3v) is 3.93. The standard InChI is InChI=1S/C11H18N2O3S/c1-10(9-14)12-17(15,16)13(2)8-11-6-4-3-5-7-11/h3-7,10,12,14H,8-9H2,1-2H3/t10-/m0/s1. The number of hydrogen-bond acceptors (Lipinski definition) is 3. The van der Waals surface area contributed by atoms with Gasteiger partial charge in [0.15, 0.2) is 0 Å². The predicted molar refractivity (Wildman–Crippen MR) is 66.5 cm³/mol. The number of rotatable bonds is 6. The van der Waals surface area contributed by atoms with E-state index >= 15 is 0 Å². The Kier molecular flexibility index (Phi) is 5.07. The normalized spacial score (nSPS) is 13.9. The third-order valence-electron chi connectivity index (χ3n) is 2.28. The molecule has 0 unspecified atom stereocenters. The summed E-state index contributed by atoms with van der Waals surface area (Å²) in [6, 6.07) is 8.84. The Balaban J connectivity index is 2.67. The van der Waals surface area contributed by atoms with Gasteiger partial charge >= 0.3 is 0 Å². The highest BCUT2D eigenvalue weighted by molar-refractivity contribution is 7.87. The quantitative estimate of drug-likeness (QED) is 0.772. The molecule has 0 saturated carbocycles. The van der Waals surface area contributed by atoms with E-state index in [9.17, 15) is 8.42 Å². The van der Waals surface area contributed by atoms with E-state index in [2.05, 4.69) is 4.72 Å². The highest BCUT2D eigenvalue weighted by Crippen LogP contribution is 2.06. The molecule has 1 aromatic rings. The maximum absolute atomic E-state index is 11.8. The minimum Gasteiger partial charge on any atom is -0.395 e. The van der Waals surface area contributed by atoms with Gasteiger partial charge in [0.1, 0.15) is 0 Å². The maximum atomic E-state index is 11.8. The monoisotopic (exact) mass is 258 g/mol. The Morgan fingerprint density at radius 1 is 1.35 bits per heavy atom. The summed E-state index contributed by atoms with van der Waals surface area (Å²) in [7, 11) is -2.05. The summed E-state index contributed by atoms with van der Waals surface area (Å²) in [5, 5.41) is 8.82. The zero-order chi connectivity index (χ0) is 12.9. The van der Waals surface area contributed by atoms with E-state index in [0.29, 0.717) is 6.54 Å². The first-order valence-corrected chi connectivity index (χ1v) is 6.78. The van der Waals surface area contributed by atoms with Gasteiger partial charge in [-0.25, -0.2) is 0 Å². The predicted octanol–water partition coefficient (Wildman–Crippen LogP) is 0.334. The van der Waals surface area contributed by atoms with Crippen LogP contribution in [0.3, 0.4) is 0 Å². The van der Waals surface area contributed by atoms with E-state index in [4.69, 9.17) is 5.11 Å². The van der Waals surface area contributed by atoms with Crippen LogP contribution in [0.4, 0.5) is 0 Å². The van der Waals surface area contributed by atoms with Crippen LogP contribution in [0.15, 0.2) is 30.3 Å². The molecule has 0 saturated heterocycles. The van der Waals surface area contributed by atoms with Crippen LogP contribution < -0.4 is 4.72 Å². The second-order valence-electron chi connectivity index (χ2n) is 3.95. The van der Waals surface area contributed by atoms with Crippen molar-refractivity contribution >= 4 is 10.2 Å². The summed E-state index contributed by atoms with van der Waals surface area (Å²) < 4.78 is 27.2. The Morgan fingerprint density at radius 3 is 2.47 bits per heavy atom. The van der Waals surface area contributed by atoms with E-state index < -0.39 is 16.3 Å². The van der Waals surface area contributed by atoms with Crippen molar-refractivity contribution < 1.29 is 13.5 Å². The second-order valence-corrected chi connectivity index (χ2v) is 5.76. The number of benzene rings is 1.